The number of hydrogen-bond acceptors (Lipinski definition) is 1. The van der Waals surface area contributed by atoms with Crippen LogP contribution in [0.25, 0.3) is 0 Å². The van der Waals surface area contributed by atoms with Gasteiger partial charge in [0.1, 0.15) is 0 Å². The molecule has 0 rings (SSSR count). The summed E-state index contributed by atoms with van der Waals surface area (Å²) in [6.45, 7) is -2.15. The van der Waals surface area contributed by atoms with Crippen LogP contribution in [0.1, 0.15) is 6.92 Å². The summed E-state index contributed by atoms with van der Waals surface area (Å²) in [5.41, 5.74) is 0. The summed E-state index contributed by atoms with van der Waals surface area (Å²) in [6.07, 6.45) is -8.40. The van der Waals surface area contributed by atoms with Gasteiger partial charge < -0.3 is 0 Å². The zero-order valence-corrected chi connectivity index (χ0v) is 5.01. The Morgan fingerprint density at radius 3 is 1.70 bits per heavy atom. The van der Waals surface area contributed by atoms with Crippen molar-refractivity contribution in [2.24, 2.45) is 0 Å². The third kappa shape index (κ3) is 4.49. The van der Waals surface area contributed by atoms with Crippen LogP contribution < -0.4 is 0 Å². The third-order valence-corrected chi connectivity index (χ3v) is 0.484. The number of ether oxygens (including phenoxy) is 1. The van der Waals surface area contributed by atoms with E-state index >= 15 is 0 Å². The van der Waals surface area contributed by atoms with Crippen molar-refractivity contribution in [1.82, 2.24) is 0 Å². The highest BCUT2D eigenvalue weighted by molar-refractivity contribution is 4.51. The molecular formula is C4H5F5O. The summed E-state index contributed by atoms with van der Waals surface area (Å²) in [5.74, 6) is 0. The molecule has 0 saturated heterocycles. The molecule has 0 spiro atoms. The van der Waals surface area contributed by atoms with Gasteiger partial charge in [-0.2, -0.15) is 17.6 Å². The molecule has 62 valence electrons. The van der Waals surface area contributed by atoms with Gasteiger partial charge in [0, 0.05) is 6.92 Å². The first kappa shape index (κ1) is 9.61. The first-order valence-electron chi connectivity index (χ1n) is 2.28. The average Bonchev–Trinajstić information content (AvgIpc) is 1.60. The van der Waals surface area contributed by atoms with E-state index in [1.54, 1.807) is 0 Å². The second-order valence-electron chi connectivity index (χ2n) is 1.68. The maximum Gasteiger partial charge on any atom is 0.388 e. The van der Waals surface area contributed by atoms with Gasteiger partial charge >= 0.3 is 12.2 Å². The molecule has 0 saturated carbocycles. The average molecular weight is 164 g/mol. The molecule has 0 fully saturated rings. The molecule has 1 nitrogen and oxygen atoms in total. The Bertz CT molecular complexity index is 107. The van der Waals surface area contributed by atoms with E-state index in [0.29, 0.717) is 0 Å². The first-order valence-corrected chi connectivity index (χ1v) is 2.28. The lowest BCUT2D eigenvalue weighted by Gasteiger charge is -2.17. The van der Waals surface area contributed by atoms with Gasteiger partial charge in [-0.1, -0.05) is 0 Å². The summed E-state index contributed by atoms with van der Waals surface area (Å²) in [6, 6.07) is 0. The van der Waals surface area contributed by atoms with Gasteiger partial charge in [-0.25, -0.2) is 4.39 Å². The molecule has 0 unspecified atom stereocenters. The highest BCUT2D eigenvalue weighted by atomic mass is 19.3. The molecule has 0 atom stereocenters. The summed E-state index contributed by atoms with van der Waals surface area (Å²) < 4.78 is 60.0. The van der Waals surface area contributed by atoms with Crippen molar-refractivity contribution in [2.45, 2.75) is 19.1 Å². The van der Waals surface area contributed by atoms with E-state index in [9.17, 15) is 22.0 Å². The van der Waals surface area contributed by atoms with Crippen molar-refractivity contribution in [3.63, 3.8) is 0 Å². The Morgan fingerprint density at radius 1 is 1.20 bits per heavy atom. The molecule has 0 aliphatic rings. The van der Waals surface area contributed by atoms with Crippen LogP contribution in [-0.2, 0) is 4.74 Å². The topological polar surface area (TPSA) is 9.23 Å². The standard InChI is InChI=1S/C4H5F5O/c1-3(6,7)10-4(8,9)2-5/h2H2,1H3. The largest absolute Gasteiger partial charge is 0.388 e. The van der Waals surface area contributed by atoms with Gasteiger partial charge in [0.25, 0.3) is 0 Å². The summed E-state index contributed by atoms with van der Waals surface area (Å²) in [5, 5.41) is 0. The lowest BCUT2D eigenvalue weighted by molar-refractivity contribution is -0.370. The molecule has 0 aliphatic carbocycles. The van der Waals surface area contributed by atoms with Crippen molar-refractivity contribution in [3.05, 3.63) is 0 Å². The summed E-state index contributed by atoms with van der Waals surface area (Å²) >= 11 is 0. The number of alkyl halides is 5. The van der Waals surface area contributed by atoms with Crippen LogP contribution in [0, 0.1) is 0 Å². The van der Waals surface area contributed by atoms with Crippen molar-refractivity contribution in [1.29, 1.82) is 0 Å². The van der Waals surface area contributed by atoms with Gasteiger partial charge in [-0.3, -0.25) is 4.74 Å². The SMILES string of the molecule is CC(F)(F)OC(F)(F)CF. The van der Waals surface area contributed by atoms with E-state index in [1.807, 2.05) is 0 Å². The molecule has 0 bridgehead atoms. The maximum absolute atomic E-state index is 11.6. The van der Waals surface area contributed by atoms with Crippen LogP contribution in [0.2, 0.25) is 0 Å². The van der Waals surface area contributed by atoms with E-state index in [4.69, 9.17) is 0 Å². The molecule has 0 aromatic carbocycles. The van der Waals surface area contributed by atoms with Crippen molar-refractivity contribution < 1.29 is 26.7 Å². The molecule has 0 amide bonds. The van der Waals surface area contributed by atoms with Crippen molar-refractivity contribution in [2.75, 3.05) is 6.67 Å². The first-order chi connectivity index (χ1) is 4.27. The van der Waals surface area contributed by atoms with Crippen LogP contribution in [0.4, 0.5) is 22.0 Å². The van der Waals surface area contributed by atoms with Gasteiger partial charge in [0.05, 0.1) is 0 Å². The lowest BCUT2D eigenvalue weighted by Crippen LogP contribution is -2.32. The molecule has 0 heterocycles. The van der Waals surface area contributed by atoms with Gasteiger partial charge in [0.2, 0.25) is 0 Å². The minimum atomic E-state index is -4.39. The fraction of sp³-hybridized carbons (Fsp3) is 1.00. The molecule has 10 heavy (non-hydrogen) atoms. The molecule has 0 aliphatic heterocycles. The van der Waals surface area contributed by atoms with E-state index < -0.39 is 18.9 Å². The van der Waals surface area contributed by atoms with Gasteiger partial charge in [-0.05, 0) is 0 Å². The van der Waals surface area contributed by atoms with E-state index in [-0.39, 0.29) is 6.92 Å². The molecule has 6 heteroatoms. The summed E-state index contributed by atoms with van der Waals surface area (Å²) in [7, 11) is 0. The quantitative estimate of drug-likeness (QED) is 0.581. The maximum atomic E-state index is 11.6. The third-order valence-electron chi connectivity index (χ3n) is 0.484. The van der Waals surface area contributed by atoms with Crippen LogP contribution in [-0.4, -0.2) is 18.9 Å². The Kier molecular flexibility index (Phi) is 2.59. The number of rotatable bonds is 3. The highest BCUT2D eigenvalue weighted by Gasteiger charge is 2.40. The van der Waals surface area contributed by atoms with Gasteiger partial charge in [-0.15, -0.1) is 0 Å². The zero-order chi connectivity index (χ0) is 8.41. The summed E-state index contributed by atoms with van der Waals surface area (Å²) in [4.78, 5) is 0. The van der Waals surface area contributed by atoms with Crippen LogP contribution in [0.15, 0.2) is 0 Å². The van der Waals surface area contributed by atoms with Crippen LogP contribution in [0.3, 0.4) is 0 Å². The number of halogens is 5. The van der Waals surface area contributed by atoms with E-state index in [0.717, 1.165) is 0 Å². The lowest BCUT2D eigenvalue weighted by atomic mass is 10.6. The van der Waals surface area contributed by atoms with Crippen LogP contribution in [0.5, 0.6) is 0 Å². The fourth-order valence-electron chi connectivity index (χ4n) is 0.289. The molecule has 0 aromatic heterocycles. The highest BCUT2D eigenvalue weighted by Crippen LogP contribution is 2.26. The smallest absolute Gasteiger partial charge is 0.253 e. The molecule has 0 aromatic rings. The molecule has 0 radical (unpaired) electrons. The molecule has 0 N–H and O–H groups in total. The van der Waals surface area contributed by atoms with Crippen LogP contribution >= 0.6 is 0 Å². The van der Waals surface area contributed by atoms with Crippen molar-refractivity contribution in [3.8, 4) is 0 Å². The minimum Gasteiger partial charge on any atom is -0.253 e. The van der Waals surface area contributed by atoms with Crippen molar-refractivity contribution >= 4 is 0 Å². The molecular weight excluding hydrogens is 159 g/mol. The van der Waals surface area contributed by atoms with E-state index in [2.05, 4.69) is 4.74 Å². The monoisotopic (exact) mass is 164 g/mol. The zero-order valence-electron chi connectivity index (χ0n) is 5.01. The second kappa shape index (κ2) is 2.69. The van der Waals surface area contributed by atoms with E-state index in [1.165, 1.54) is 0 Å². The Balaban J connectivity index is 3.89. The Hall–Kier alpha value is -0.390. The second-order valence-corrected chi connectivity index (χ2v) is 1.68. The van der Waals surface area contributed by atoms with Gasteiger partial charge in [0.15, 0.2) is 6.67 Å². The number of hydrogen-bond donors (Lipinski definition) is 0. The Labute approximate surface area is 53.8 Å². The predicted octanol–water partition coefficient (Wildman–Crippen LogP) is 2.18. The fourth-order valence-corrected chi connectivity index (χ4v) is 0.289. The normalized spacial score (nSPS) is 13.8. The minimum absolute atomic E-state index is 0.108. The predicted molar refractivity (Wildman–Crippen MR) is 22.6 cm³/mol. The Morgan fingerprint density at radius 2 is 1.60 bits per heavy atom.